The van der Waals surface area contributed by atoms with Crippen molar-refractivity contribution in [1.29, 1.82) is 0 Å². The molecular formula is C17H38N2O8. The van der Waals surface area contributed by atoms with Gasteiger partial charge in [-0.25, -0.2) is 0 Å². The van der Waals surface area contributed by atoms with Crippen LogP contribution in [0.15, 0.2) is 0 Å². The highest BCUT2D eigenvalue weighted by atomic mass is 16.7. The van der Waals surface area contributed by atoms with Crippen molar-refractivity contribution in [3.63, 3.8) is 0 Å². The quantitative estimate of drug-likeness (QED) is 0.296. The van der Waals surface area contributed by atoms with Gasteiger partial charge in [-0.15, -0.1) is 0 Å². The Morgan fingerprint density at radius 1 is 1.00 bits per heavy atom. The lowest BCUT2D eigenvalue weighted by Crippen LogP contribution is -2.67. The lowest BCUT2D eigenvalue weighted by Gasteiger charge is -2.47. The van der Waals surface area contributed by atoms with Gasteiger partial charge in [0.05, 0.1) is 37.5 Å². The van der Waals surface area contributed by atoms with Crippen LogP contribution in [0.1, 0.15) is 21.8 Å². The molecule has 0 amide bonds. The summed E-state index contributed by atoms with van der Waals surface area (Å²) < 4.78 is 22.2. The molecule has 27 heavy (non-hydrogen) atoms. The molecule has 4 unspecified atom stereocenters. The van der Waals surface area contributed by atoms with Gasteiger partial charge >= 0.3 is 0 Å². The van der Waals surface area contributed by atoms with Crippen LogP contribution in [0.25, 0.3) is 0 Å². The van der Waals surface area contributed by atoms with Crippen molar-refractivity contribution < 1.29 is 39.4 Å². The van der Waals surface area contributed by atoms with E-state index < -0.39 is 61.8 Å². The van der Waals surface area contributed by atoms with E-state index in [4.69, 9.17) is 24.7 Å². The van der Waals surface area contributed by atoms with Crippen LogP contribution in [0, 0.1) is 5.92 Å². The van der Waals surface area contributed by atoms with Gasteiger partial charge < -0.3 is 50.4 Å². The van der Waals surface area contributed by atoms with Crippen molar-refractivity contribution in [1.82, 2.24) is 5.32 Å². The van der Waals surface area contributed by atoms with Crippen molar-refractivity contribution in [2.24, 2.45) is 11.7 Å². The van der Waals surface area contributed by atoms with Crippen molar-refractivity contribution in [3.8, 4) is 0 Å². The van der Waals surface area contributed by atoms with Crippen LogP contribution in [0.3, 0.4) is 0 Å². The standard InChI is InChI=1S/C15H30N2O8.2CH4/c1-6-7(4-18)23-14(9(16)11(6)20)25-13-8(5-19)24-15(22-3)10(17-2)12(13)21;;/h6-15,17-21H,4-5,16H2,1-3H3;2*1H4/t6-,7?,8?,9?,10+,11-,12?,13+,14-,15-;;/m0../s1. The molecule has 0 aromatic heterocycles. The summed E-state index contributed by atoms with van der Waals surface area (Å²) in [4.78, 5) is 0. The molecule has 2 heterocycles. The lowest BCUT2D eigenvalue weighted by atomic mass is 9.89. The van der Waals surface area contributed by atoms with E-state index in [-0.39, 0.29) is 27.4 Å². The Morgan fingerprint density at radius 3 is 2.04 bits per heavy atom. The first-order valence-electron chi connectivity index (χ1n) is 8.39. The Balaban J connectivity index is 0.00000338. The molecule has 2 saturated heterocycles. The average Bonchev–Trinajstić information content (AvgIpc) is 2.62. The molecule has 10 nitrogen and oxygen atoms in total. The minimum Gasteiger partial charge on any atom is -0.394 e. The molecule has 0 radical (unpaired) electrons. The molecule has 10 heteroatoms. The van der Waals surface area contributed by atoms with E-state index in [1.807, 2.05) is 0 Å². The van der Waals surface area contributed by atoms with Gasteiger partial charge in [-0.3, -0.25) is 0 Å². The fourth-order valence-corrected chi connectivity index (χ4v) is 3.35. The van der Waals surface area contributed by atoms with Gasteiger partial charge in [0.15, 0.2) is 12.6 Å². The maximum absolute atomic E-state index is 10.6. The molecule has 0 spiro atoms. The highest BCUT2D eigenvalue weighted by molar-refractivity contribution is 4.96. The molecular weight excluding hydrogens is 360 g/mol. The van der Waals surface area contributed by atoms with E-state index in [0.29, 0.717) is 0 Å². The van der Waals surface area contributed by atoms with Gasteiger partial charge in [0.25, 0.3) is 0 Å². The second-order valence-corrected chi connectivity index (χ2v) is 6.52. The van der Waals surface area contributed by atoms with Crippen molar-refractivity contribution >= 4 is 0 Å². The maximum atomic E-state index is 10.6. The third-order valence-corrected chi connectivity index (χ3v) is 5.03. The third-order valence-electron chi connectivity index (χ3n) is 5.03. The highest BCUT2D eigenvalue weighted by Gasteiger charge is 2.49. The first-order chi connectivity index (χ1) is 11.9. The Bertz CT molecular complexity index is 416. The fraction of sp³-hybridized carbons (Fsp3) is 1.00. The van der Waals surface area contributed by atoms with Gasteiger partial charge in [0, 0.05) is 13.0 Å². The molecule has 164 valence electrons. The predicted octanol–water partition coefficient (Wildman–Crippen LogP) is -2.00. The Labute approximate surface area is 161 Å². The fourth-order valence-electron chi connectivity index (χ4n) is 3.35. The van der Waals surface area contributed by atoms with Crippen molar-refractivity contribution in [3.05, 3.63) is 0 Å². The van der Waals surface area contributed by atoms with Crippen LogP contribution in [0.4, 0.5) is 0 Å². The summed E-state index contributed by atoms with van der Waals surface area (Å²) in [6, 6.07) is -1.48. The maximum Gasteiger partial charge on any atom is 0.176 e. The van der Waals surface area contributed by atoms with E-state index in [0.717, 1.165) is 0 Å². The van der Waals surface area contributed by atoms with Crippen LogP contribution in [-0.4, -0.2) is 103 Å². The molecule has 0 saturated carbocycles. The molecule has 2 aliphatic rings. The number of nitrogens with two attached hydrogens (primary N) is 1. The van der Waals surface area contributed by atoms with Gasteiger partial charge in [-0.2, -0.15) is 0 Å². The van der Waals surface area contributed by atoms with Crippen molar-refractivity contribution in [2.75, 3.05) is 27.4 Å². The SMILES string of the molecule is C.C.CN[C@@H]1C(O)[C@H](O[C@@H]2OC(CO)[C@H](C)[C@H](O)C2N)C(CO)O[C@@H]1OC. The molecule has 0 aromatic carbocycles. The van der Waals surface area contributed by atoms with Gasteiger partial charge in [-0.1, -0.05) is 21.8 Å². The summed E-state index contributed by atoms with van der Waals surface area (Å²) in [5.41, 5.74) is 5.99. The molecule has 2 rings (SSSR count). The Morgan fingerprint density at radius 2 is 1.56 bits per heavy atom. The number of hydrogen-bond donors (Lipinski definition) is 6. The molecule has 0 aliphatic carbocycles. The third kappa shape index (κ3) is 5.36. The second kappa shape index (κ2) is 11.6. The number of methoxy groups -OCH3 is 1. The smallest absolute Gasteiger partial charge is 0.176 e. The van der Waals surface area contributed by atoms with E-state index >= 15 is 0 Å². The van der Waals surface area contributed by atoms with Gasteiger partial charge in [0.1, 0.15) is 18.3 Å². The van der Waals surface area contributed by atoms with E-state index in [2.05, 4.69) is 5.32 Å². The zero-order chi connectivity index (χ0) is 18.7. The summed E-state index contributed by atoms with van der Waals surface area (Å²) >= 11 is 0. The van der Waals surface area contributed by atoms with Crippen LogP contribution >= 0.6 is 0 Å². The summed E-state index contributed by atoms with van der Waals surface area (Å²) in [5, 5.41) is 42.8. The van der Waals surface area contributed by atoms with Crippen LogP contribution in [0.2, 0.25) is 0 Å². The van der Waals surface area contributed by atoms with Crippen LogP contribution in [-0.2, 0) is 18.9 Å². The zero-order valence-electron chi connectivity index (χ0n) is 14.7. The summed E-state index contributed by atoms with van der Waals surface area (Å²) in [7, 11) is 3.07. The molecule has 2 fully saturated rings. The normalized spacial score (nSPS) is 44.9. The molecule has 0 bridgehead atoms. The summed E-state index contributed by atoms with van der Waals surface area (Å²) in [6.45, 7) is 1.00. The van der Waals surface area contributed by atoms with Gasteiger partial charge in [0.2, 0.25) is 0 Å². The minimum atomic E-state index is -1.08. The monoisotopic (exact) mass is 398 g/mol. The number of rotatable bonds is 6. The first-order valence-corrected chi connectivity index (χ1v) is 8.39. The number of aliphatic hydroxyl groups excluding tert-OH is 4. The lowest BCUT2D eigenvalue weighted by molar-refractivity contribution is -0.323. The Hall–Kier alpha value is -0.400. The number of nitrogens with one attached hydrogen (secondary N) is 1. The number of aliphatic hydroxyl groups is 4. The summed E-state index contributed by atoms with van der Waals surface area (Å²) in [5.74, 6) is -0.371. The van der Waals surface area contributed by atoms with E-state index in [1.54, 1.807) is 14.0 Å². The van der Waals surface area contributed by atoms with Gasteiger partial charge in [-0.05, 0) is 7.05 Å². The molecule has 7 N–H and O–H groups in total. The number of likely N-dealkylation sites (N-methyl/N-ethyl adjacent to an activating group) is 1. The number of hydrogen-bond acceptors (Lipinski definition) is 10. The number of ether oxygens (including phenoxy) is 4. The van der Waals surface area contributed by atoms with E-state index in [9.17, 15) is 20.4 Å². The highest BCUT2D eigenvalue weighted by Crippen LogP contribution is 2.30. The van der Waals surface area contributed by atoms with Crippen LogP contribution < -0.4 is 11.1 Å². The molecule has 0 aromatic rings. The average molecular weight is 398 g/mol. The zero-order valence-corrected chi connectivity index (χ0v) is 14.7. The summed E-state index contributed by atoms with van der Waals surface area (Å²) in [6.07, 6.45) is -6.36. The molecule has 2 aliphatic heterocycles. The minimum absolute atomic E-state index is 0. The second-order valence-electron chi connectivity index (χ2n) is 6.52. The first kappa shape index (κ1) is 26.6. The van der Waals surface area contributed by atoms with E-state index in [1.165, 1.54) is 7.11 Å². The Kier molecular flexibility index (Phi) is 11.4. The van der Waals surface area contributed by atoms with Crippen molar-refractivity contribution in [2.45, 2.75) is 77.0 Å². The van der Waals surface area contributed by atoms with Crippen LogP contribution in [0.5, 0.6) is 0 Å². The predicted molar refractivity (Wildman–Crippen MR) is 98.8 cm³/mol. The topological polar surface area (TPSA) is 156 Å². The molecule has 10 atom stereocenters. The largest absolute Gasteiger partial charge is 0.394 e.